The highest BCUT2D eigenvalue weighted by molar-refractivity contribution is 5.99. The Morgan fingerprint density at radius 1 is 1.20 bits per heavy atom. The van der Waals surface area contributed by atoms with Crippen molar-refractivity contribution in [1.82, 2.24) is 5.32 Å². The molecule has 0 aliphatic carbocycles. The van der Waals surface area contributed by atoms with E-state index in [-0.39, 0.29) is 30.2 Å². The molecule has 25 heavy (non-hydrogen) atoms. The lowest BCUT2D eigenvalue weighted by molar-refractivity contribution is -0.881. The van der Waals surface area contributed by atoms with Crippen LogP contribution in [0.25, 0.3) is 0 Å². The summed E-state index contributed by atoms with van der Waals surface area (Å²) in [5, 5.41) is 2.85. The van der Waals surface area contributed by atoms with E-state index in [4.69, 9.17) is 0 Å². The number of likely N-dealkylation sites (N-methyl/N-ethyl adjacent to an activating group) is 1. The summed E-state index contributed by atoms with van der Waals surface area (Å²) in [5.41, 5.74) is 1.46. The first-order valence-electron chi connectivity index (χ1n) is 8.97. The molecule has 2 N–H and O–H groups in total. The fraction of sp³-hybridized carbons (Fsp3) is 0.526. The van der Waals surface area contributed by atoms with Crippen molar-refractivity contribution >= 4 is 23.3 Å². The van der Waals surface area contributed by atoms with Crippen LogP contribution in [0.5, 0.6) is 0 Å². The van der Waals surface area contributed by atoms with Gasteiger partial charge >= 0.3 is 0 Å². The molecule has 2 rings (SSSR count). The largest absolute Gasteiger partial charge is 0.349 e. The smallest absolute Gasteiger partial charge is 0.275 e. The van der Waals surface area contributed by atoms with E-state index in [9.17, 15) is 14.4 Å². The summed E-state index contributed by atoms with van der Waals surface area (Å²) in [6, 6.07) is 7.29. The van der Waals surface area contributed by atoms with E-state index in [1.54, 1.807) is 17.0 Å². The molecule has 6 nitrogen and oxygen atoms in total. The highest BCUT2D eigenvalue weighted by atomic mass is 16.2. The number of nitrogens with one attached hydrogen (secondary N) is 2. The number of carbonyl (C=O) groups excluding carboxylic acids is 3. The van der Waals surface area contributed by atoms with Gasteiger partial charge in [-0.1, -0.05) is 0 Å². The molecule has 2 amide bonds. The quantitative estimate of drug-likeness (QED) is 0.671. The Morgan fingerprint density at radius 2 is 1.88 bits per heavy atom. The number of rotatable bonds is 8. The van der Waals surface area contributed by atoms with Crippen molar-refractivity contribution in [3.8, 4) is 0 Å². The molecule has 136 valence electrons. The number of nitrogens with zero attached hydrogens (tertiary/aromatic N) is 1. The lowest BCUT2D eigenvalue weighted by atomic mass is 10.1. The lowest BCUT2D eigenvalue weighted by Crippen LogP contribution is -3.13. The number of amides is 2. The Balaban J connectivity index is 1.95. The Labute approximate surface area is 149 Å². The number of ketones is 1. The maximum absolute atomic E-state index is 12.5. The van der Waals surface area contributed by atoms with Gasteiger partial charge in [-0.05, 0) is 51.5 Å². The van der Waals surface area contributed by atoms with Gasteiger partial charge in [0.1, 0.15) is 6.54 Å². The fourth-order valence-electron chi connectivity index (χ4n) is 2.99. The third-order valence-electron chi connectivity index (χ3n) is 4.35. The van der Waals surface area contributed by atoms with Gasteiger partial charge in [-0.15, -0.1) is 0 Å². The topological polar surface area (TPSA) is 70.9 Å². The summed E-state index contributed by atoms with van der Waals surface area (Å²) in [6.45, 7) is 7.82. The molecule has 0 spiro atoms. The minimum Gasteiger partial charge on any atom is -0.349 e. The van der Waals surface area contributed by atoms with Crippen LogP contribution >= 0.6 is 0 Å². The van der Waals surface area contributed by atoms with Crippen molar-refractivity contribution in [2.24, 2.45) is 0 Å². The maximum Gasteiger partial charge on any atom is 0.275 e. The third kappa shape index (κ3) is 5.39. The number of Topliss-reactive ketones (excluding diaryl/α,β-unsaturated/α-hetero) is 1. The zero-order chi connectivity index (χ0) is 18.4. The summed E-state index contributed by atoms with van der Waals surface area (Å²) in [6.07, 6.45) is 1.47. The summed E-state index contributed by atoms with van der Waals surface area (Å²) in [4.78, 5) is 38.8. The van der Waals surface area contributed by atoms with Gasteiger partial charge in [-0.25, -0.2) is 0 Å². The summed E-state index contributed by atoms with van der Waals surface area (Å²) >= 11 is 0. The molecule has 1 atom stereocenters. The van der Waals surface area contributed by atoms with Crippen LogP contribution in [0, 0.1) is 0 Å². The highest BCUT2D eigenvalue weighted by Crippen LogP contribution is 2.21. The van der Waals surface area contributed by atoms with Crippen molar-refractivity contribution in [1.29, 1.82) is 0 Å². The number of carbonyl (C=O) groups is 3. The number of hydrogen-bond donors (Lipinski definition) is 2. The van der Waals surface area contributed by atoms with Gasteiger partial charge in [0.15, 0.2) is 6.54 Å². The maximum atomic E-state index is 12.5. The van der Waals surface area contributed by atoms with Crippen LogP contribution in [0.15, 0.2) is 24.3 Å². The molecule has 1 aromatic carbocycles. The van der Waals surface area contributed by atoms with Gasteiger partial charge in [0.2, 0.25) is 11.7 Å². The average molecular weight is 346 g/mol. The molecule has 0 bridgehead atoms. The van der Waals surface area contributed by atoms with Crippen LogP contribution in [-0.4, -0.2) is 49.8 Å². The van der Waals surface area contributed by atoms with Crippen molar-refractivity contribution in [3.05, 3.63) is 29.8 Å². The van der Waals surface area contributed by atoms with Gasteiger partial charge in [0.25, 0.3) is 5.91 Å². The van der Waals surface area contributed by atoms with Crippen molar-refractivity contribution < 1.29 is 19.3 Å². The predicted molar refractivity (Wildman–Crippen MR) is 96.9 cm³/mol. The molecular weight excluding hydrogens is 318 g/mol. The molecule has 0 aromatic heterocycles. The minimum atomic E-state index is -0.0393. The molecule has 1 unspecified atom stereocenters. The second-order valence-corrected chi connectivity index (χ2v) is 6.80. The first kappa shape index (κ1) is 19.1. The second kappa shape index (κ2) is 8.76. The monoisotopic (exact) mass is 346 g/mol. The molecule has 0 saturated carbocycles. The van der Waals surface area contributed by atoms with E-state index in [2.05, 4.69) is 5.32 Å². The van der Waals surface area contributed by atoms with Gasteiger partial charge in [-0.2, -0.15) is 0 Å². The molecule has 1 saturated heterocycles. The standard InChI is InChI=1S/C19H27N3O3/c1-4-21(13-18(24)20-14(2)3)12-17(23)15-7-9-16(10-8-15)22-11-5-6-19(22)25/h7-10,14H,4-6,11-13H2,1-3H3,(H,20,24)/p+1. The first-order valence-corrected chi connectivity index (χ1v) is 8.97. The van der Waals surface area contributed by atoms with Gasteiger partial charge < -0.3 is 15.1 Å². The van der Waals surface area contributed by atoms with E-state index >= 15 is 0 Å². The Kier molecular flexibility index (Phi) is 6.70. The van der Waals surface area contributed by atoms with Gasteiger partial charge in [-0.3, -0.25) is 14.4 Å². The van der Waals surface area contributed by atoms with Gasteiger partial charge in [0.05, 0.1) is 6.54 Å². The zero-order valence-corrected chi connectivity index (χ0v) is 15.3. The summed E-state index contributed by atoms with van der Waals surface area (Å²) in [5.74, 6) is 0.105. The Bertz CT molecular complexity index is 625. The lowest BCUT2D eigenvalue weighted by Gasteiger charge is -2.18. The summed E-state index contributed by atoms with van der Waals surface area (Å²) in [7, 11) is 0. The highest BCUT2D eigenvalue weighted by Gasteiger charge is 2.22. The normalized spacial score (nSPS) is 15.5. The van der Waals surface area contributed by atoms with Crippen molar-refractivity contribution in [2.45, 2.75) is 39.7 Å². The minimum absolute atomic E-state index is 0.00787. The molecule has 1 heterocycles. The fourth-order valence-corrected chi connectivity index (χ4v) is 2.99. The van der Waals surface area contributed by atoms with Crippen LogP contribution in [0.2, 0.25) is 0 Å². The van der Waals surface area contributed by atoms with Crippen molar-refractivity contribution in [3.63, 3.8) is 0 Å². The molecule has 1 fully saturated rings. The molecule has 1 aliphatic rings. The summed E-state index contributed by atoms with van der Waals surface area (Å²) < 4.78 is 0. The van der Waals surface area contributed by atoms with Crippen LogP contribution in [0.4, 0.5) is 5.69 Å². The Morgan fingerprint density at radius 3 is 2.40 bits per heavy atom. The third-order valence-corrected chi connectivity index (χ3v) is 4.35. The first-order chi connectivity index (χ1) is 11.9. The van der Waals surface area contributed by atoms with Crippen molar-refractivity contribution in [2.75, 3.05) is 31.1 Å². The van der Waals surface area contributed by atoms with Crippen LogP contribution in [0.1, 0.15) is 44.0 Å². The molecule has 1 aromatic rings. The van der Waals surface area contributed by atoms with Gasteiger partial charge in [0, 0.05) is 30.3 Å². The van der Waals surface area contributed by atoms with E-state index in [0.717, 1.165) is 23.6 Å². The molecule has 6 heteroatoms. The van der Waals surface area contributed by atoms with E-state index in [1.165, 1.54) is 0 Å². The molecule has 1 aliphatic heterocycles. The van der Waals surface area contributed by atoms with Crippen LogP contribution in [0.3, 0.4) is 0 Å². The SMILES string of the molecule is CC[NH+](CC(=O)NC(C)C)CC(=O)c1ccc(N2CCCC2=O)cc1. The predicted octanol–water partition coefficient (Wildman–Crippen LogP) is 0.426. The zero-order valence-electron chi connectivity index (χ0n) is 15.3. The second-order valence-electron chi connectivity index (χ2n) is 6.80. The van der Waals surface area contributed by atoms with E-state index in [1.807, 2.05) is 32.9 Å². The number of hydrogen-bond acceptors (Lipinski definition) is 3. The number of quaternary nitrogens is 1. The van der Waals surface area contributed by atoms with Crippen LogP contribution in [-0.2, 0) is 9.59 Å². The number of anilines is 1. The average Bonchev–Trinajstić information content (AvgIpc) is 2.99. The number of benzene rings is 1. The molecule has 0 radical (unpaired) electrons. The van der Waals surface area contributed by atoms with Crippen LogP contribution < -0.4 is 15.1 Å². The Hall–Kier alpha value is -2.21. The molecular formula is C19H28N3O3+. The van der Waals surface area contributed by atoms with E-state index < -0.39 is 0 Å². The van der Waals surface area contributed by atoms with E-state index in [0.29, 0.717) is 25.1 Å².